The summed E-state index contributed by atoms with van der Waals surface area (Å²) >= 11 is 1.62. The maximum Gasteiger partial charge on any atom is 0.196 e. The fourth-order valence-corrected chi connectivity index (χ4v) is 4.33. The van der Waals surface area contributed by atoms with Gasteiger partial charge in [-0.15, -0.1) is 11.3 Å². The van der Waals surface area contributed by atoms with Crippen molar-refractivity contribution in [2.75, 3.05) is 0 Å². The average molecular weight is 402 g/mol. The number of aliphatic hydroxyl groups is 1. The minimum absolute atomic E-state index is 0.368. The summed E-state index contributed by atoms with van der Waals surface area (Å²) in [5.74, 6) is -0.820. The van der Waals surface area contributed by atoms with E-state index < -0.39 is 17.7 Å². The number of aliphatic hydroxyl groups excluding tert-OH is 1. The van der Waals surface area contributed by atoms with Crippen LogP contribution < -0.4 is 0 Å². The van der Waals surface area contributed by atoms with Crippen molar-refractivity contribution in [2.24, 2.45) is 0 Å². The van der Waals surface area contributed by atoms with E-state index in [0.717, 1.165) is 27.1 Å². The summed E-state index contributed by atoms with van der Waals surface area (Å²) in [6.45, 7) is 2.04. The number of thiophene rings is 1. The molecule has 1 aromatic heterocycles. The molecule has 3 aromatic carbocycles. The fourth-order valence-electron chi connectivity index (χ4n) is 3.40. The molecule has 0 aliphatic rings. The summed E-state index contributed by atoms with van der Waals surface area (Å²) in [6.07, 6.45) is -1.36. The van der Waals surface area contributed by atoms with Crippen molar-refractivity contribution in [3.8, 4) is 21.6 Å². The van der Waals surface area contributed by atoms with E-state index in [1.165, 1.54) is 24.3 Å². The van der Waals surface area contributed by atoms with Crippen molar-refractivity contribution < 1.29 is 14.3 Å². The van der Waals surface area contributed by atoms with Gasteiger partial charge in [0.15, 0.2) is 5.78 Å². The van der Waals surface area contributed by atoms with E-state index in [0.29, 0.717) is 11.1 Å². The molecule has 1 unspecified atom stereocenters. The number of benzene rings is 3. The van der Waals surface area contributed by atoms with Gasteiger partial charge in [-0.05, 0) is 47.2 Å². The van der Waals surface area contributed by atoms with E-state index in [1.54, 1.807) is 17.4 Å². The van der Waals surface area contributed by atoms with E-state index in [9.17, 15) is 14.3 Å². The second-order valence-electron chi connectivity index (χ2n) is 6.90. The molecule has 0 fully saturated rings. The van der Waals surface area contributed by atoms with Gasteiger partial charge >= 0.3 is 0 Å². The third kappa shape index (κ3) is 3.90. The quantitative estimate of drug-likeness (QED) is 0.390. The molecule has 0 aliphatic heterocycles. The van der Waals surface area contributed by atoms with E-state index in [4.69, 9.17) is 0 Å². The molecular formula is C25H19FO2S. The molecule has 4 heteroatoms. The number of aryl methyl sites for hydroxylation is 1. The van der Waals surface area contributed by atoms with Gasteiger partial charge in [-0.25, -0.2) is 4.39 Å². The molecule has 4 rings (SSSR count). The third-order valence-corrected chi connectivity index (χ3v) is 5.90. The smallest absolute Gasteiger partial charge is 0.196 e. The first-order valence-corrected chi connectivity index (χ1v) is 10.1. The van der Waals surface area contributed by atoms with Gasteiger partial charge in [0.05, 0.1) is 0 Å². The van der Waals surface area contributed by atoms with Gasteiger partial charge in [0.2, 0.25) is 0 Å². The van der Waals surface area contributed by atoms with E-state index >= 15 is 0 Å². The van der Waals surface area contributed by atoms with Crippen molar-refractivity contribution in [2.45, 2.75) is 13.0 Å². The molecule has 1 atom stereocenters. The zero-order chi connectivity index (χ0) is 20.4. The van der Waals surface area contributed by atoms with Crippen LogP contribution in [-0.4, -0.2) is 10.9 Å². The number of carbonyl (C=O) groups excluding carboxylic acids is 1. The summed E-state index contributed by atoms with van der Waals surface area (Å²) in [4.78, 5) is 14.3. The Hall–Kier alpha value is -3.08. The largest absolute Gasteiger partial charge is 0.380 e. The standard InChI is InChI=1S/C25H19FO2S/c1-16-14-22(29-15-16)20-8-5-9-21(23(20)17-6-3-2-4-7-17)25(28)24(27)18-10-12-19(26)13-11-18/h2-15,24,27H,1H3. The van der Waals surface area contributed by atoms with Gasteiger partial charge in [0.25, 0.3) is 0 Å². The number of hydrogen-bond donors (Lipinski definition) is 1. The molecule has 0 radical (unpaired) electrons. The lowest BCUT2D eigenvalue weighted by Gasteiger charge is -2.17. The molecule has 1 heterocycles. The molecule has 0 aliphatic carbocycles. The number of halogens is 1. The second-order valence-corrected chi connectivity index (χ2v) is 7.81. The van der Waals surface area contributed by atoms with Crippen LogP contribution in [-0.2, 0) is 0 Å². The number of ketones is 1. The van der Waals surface area contributed by atoms with Crippen LogP contribution in [0.25, 0.3) is 21.6 Å². The number of hydrogen-bond acceptors (Lipinski definition) is 3. The van der Waals surface area contributed by atoms with Gasteiger partial charge in [0.1, 0.15) is 11.9 Å². The summed E-state index contributed by atoms with van der Waals surface area (Å²) in [5, 5.41) is 12.8. The molecule has 0 amide bonds. The summed E-state index contributed by atoms with van der Waals surface area (Å²) in [7, 11) is 0. The molecule has 0 spiro atoms. The van der Waals surface area contributed by atoms with Crippen LogP contribution >= 0.6 is 11.3 Å². The highest BCUT2D eigenvalue weighted by Gasteiger charge is 2.24. The van der Waals surface area contributed by atoms with Crippen molar-refractivity contribution in [1.29, 1.82) is 0 Å². The molecule has 144 valence electrons. The normalized spacial score (nSPS) is 12.0. The Labute approximate surface area is 172 Å². The molecular weight excluding hydrogens is 383 g/mol. The molecule has 29 heavy (non-hydrogen) atoms. The molecule has 0 saturated heterocycles. The minimum Gasteiger partial charge on any atom is -0.380 e. The van der Waals surface area contributed by atoms with Gasteiger partial charge < -0.3 is 5.11 Å². The zero-order valence-electron chi connectivity index (χ0n) is 15.8. The molecule has 1 N–H and O–H groups in total. The fraction of sp³-hybridized carbons (Fsp3) is 0.0800. The van der Waals surface area contributed by atoms with E-state index in [1.807, 2.05) is 49.4 Å². The number of carbonyl (C=O) groups is 1. The first-order chi connectivity index (χ1) is 14.0. The Morgan fingerprint density at radius 2 is 1.69 bits per heavy atom. The summed E-state index contributed by atoms with van der Waals surface area (Å²) < 4.78 is 13.2. The average Bonchev–Trinajstić information content (AvgIpc) is 3.19. The lowest BCUT2D eigenvalue weighted by Crippen LogP contribution is -2.14. The van der Waals surface area contributed by atoms with Gasteiger partial charge in [0, 0.05) is 21.6 Å². The van der Waals surface area contributed by atoms with E-state index in [2.05, 4.69) is 11.4 Å². The third-order valence-electron chi connectivity index (χ3n) is 4.82. The predicted molar refractivity (Wildman–Crippen MR) is 116 cm³/mol. The van der Waals surface area contributed by atoms with Gasteiger partial charge in [-0.2, -0.15) is 0 Å². The summed E-state index contributed by atoms with van der Waals surface area (Å²) in [6, 6.07) is 22.7. The minimum atomic E-state index is -1.36. The molecule has 2 nitrogen and oxygen atoms in total. The van der Waals surface area contributed by atoms with Crippen molar-refractivity contribution in [3.05, 3.63) is 107 Å². The van der Waals surface area contributed by atoms with Crippen LogP contribution in [0.1, 0.15) is 27.6 Å². The highest BCUT2D eigenvalue weighted by molar-refractivity contribution is 7.13. The van der Waals surface area contributed by atoms with Crippen LogP contribution in [0.2, 0.25) is 0 Å². The molecule has 0 saturated carbocycles. The highest BCUT2D eigenvalue weighted by Crippen LogP contribution is 2.39. The first kappa shape index (κ1) is 19.2. The maximum atomic E-state index is 13.3. The van der Waals surface area contributed by atoms with Crippen LogP contribution in [0.3, 0.4) is 0 Å². The number of rotatable bonds is 5. The van der Waals surface area contributed by atoms with Gasteiger partial charge in [-0.1, -0.05) is 60.7 Å². The van der Waals surface area contributed by atoms with Crippen LogP contribution in [0.5, 0.6) is 0 Å². The predicted octanol–water partition coefficient (Wildman–Crippen LogP) is 6.45. The highest BCUT2D eigenvalue weighted by atomic mass is 32.1. The van der Waals surface area contributed by atoms with Crippen LogP contribution in [0.4, 0.5) is 4.39 Å². The van der Waals surface area contributed by atoms with Crippen LogP contribution in [0, 0.1) is 12.7 Å². The maximum absolute atomic E-state index is 13.3. The lowest BCUT2D eigenvalue weighted by atomic mass is 9.88. The van der Waals surface area contributed by atoms with Crippen LogP contribution in [0.15, 0.2) is 84.2 Å². The molecule has 0 bridgehead atoms. The second kappa shape index (κ2) is 8.11. The Kier molecular flexibility index (Phi) is 5.38. The van der Waals surface area contributed by atoms with Crippen molar-refractivity contribution >= 4 is 17.1 Å². The Balaban J connectivity index is 1.87. The Morgan fingerprint density at radius 1 is 0.966 bits per heavy atom. The Bertz CT molecular complexity index is 1150. The summed E-state index contributed by atoms with van der Waals surface area (Å²) in [5.41, 5.74) is 4.62. The monoisotopic (exact) mass is 402 g/mol. The first-order valence-electron chi connectivity index (χ1n) is 9.26. The lowest BCUT2D eigenvalue weighted by molar-refractivity contribution is 0.0748. The zero-order valence-corrected chi connectivity index (χ0v) is 16.6. The number of Topliss-reactive ketones (excluding diaryl/α,β-unsaturated/α-hetero) is 1. The topological polar surface area (TPSA) is 37.3 Å². The molecule has 4 aromatic rings. The SMILES string of the molecule is Cc1csc(-c2cccc(C(=O)C(O)c3ccc(F)cc3)c2-c2ccccc2)c1. The van der Waals surface area contributed by atoms with Gasteiger partial charge in [-0.3, -0.25) is 4.79 Å². The van der Waals surface area contributed by atoms with Crippen molar-refractivity contribution in [3.63, 3.8) is 0 Å². The Morgan fingerprint density at radius 3 is 2.34 bits per heavy atom. The van der Waals surface area contributed by atoms with E-state index in [-0.39, 0.29) is 0 Å². The van der Waals surface area contributed by atoms with Crippen molar-refractivity contribution in [1.82, 2.24) is 0 Å².